The van der Waals surface area contributed by atoms with E-state index in [0.717, 1.165) is 18.4 Å². The van der Waals surface area contributed by atoms with E-state index in [-0.39, 0.29) is 11.6 Å². The van der Waals surface area contributed by atoms with Crippen molar-refractivity contribution in [3.05, 3.63) is 29.6 Å². The number of nitrogens with one attached hydrogen (secondary N) is 1. The fraction of sp³-hybridized carbons (Fsp3) is 0.462. The van der Waals surface area contributed by atoms with Crippen molar-refractivity contribution in [1.82, 2.24) is 0 Å². The van der Waals surface area contributed by atoms with Crippen LogP contribution in [0.5, 0.6) is 0 Å². The van der Waals surface area contributed by atoms with E-state index in [1.807, 2.05) is 6.92 Å². The third-order valence-electron chi connectivity index (χ3n) is 2.59. The summed E-state index contributed by atoms with van der Waals surface area (Å²) in [6.45, 7) is 3.83. The predicted molar refractivity (Wildman–Crippen MR) is 67.3 cm³/mol. The number of hydrogen-bond acceptors (Lipinski definition) is 2. The molecule has 1 atom stereocenters. The van der Waals surface area contributed by atoms with E-state index in [4.69, 9.17) is 5.73 Å². The Morgan fingerprint density at radius 2 is 2.24 bits per heavy atom. The van der Waals surface area contributed by atoms with Gasteiger partial charge in [0, 0.05) is 0 Å². The maximum Gasteiger partial charge on any atom is 0.241 e. The monoisotopic (exact) mass is 238 g/mol. The van der Waals surface area contributed by atoms with Crippen LogP contribution in [0.4, 0.5) is 10.1 Å². The summed E-state index contributed by atoms with van der Waals surface area (Å²) < 4.78 is 13.5. The largest absolute Gasteiger partial charge is 0.322 e. The topological polar surface area (TPSA) is 55.1 Å². The van der Waals surface area contributed by atoms with E-state index in [1.54, 1.807) is 19.1 Å². The molecule has 1 rings (SSSR count). The number of aryl methyl sites for hydroxylation is 1. The summed E-state index contributed by atoms with van der Waals surface area (Å²) in [4.78, 5) is 11.7. The molecule has 0 saturated heterocycles. The molecule has 0 aliphatic rings. The molecule has 4 heteroatoms. The van der Waals surface area contributed by atoms with Crippen LogP contribution in [0, 0.1) is 12.7 Å². The summed E-state index contributed by atoms with van der Waals surface area (Å²) in [6, 6.07) is 4.11. The highest BCUT2D eigenvalue weighted by molar-refractivity contribution is 5.94. The van der Waals surface area contributed by atoms with Crippen LogP contribution in [0.1, 0.15) is 31.7 Å². The Kier molecular flexibility index (Phi) is 5.10. The normalized spacial score (nSPS) is 12.2. The molecule has 1 amide bonds. The summed E-state index contributed by atoms with van der Waals surface area (Å²) in [7, 11) is 0. The maximum absolute atomic E-state index is 13.5. The van der Waals surface area contributed by atoms with Gasteiger partial charge in [0.25, 0.3) is 0 Å². The van der Waals surface area contributed by atoms with Gasteiger partial charge in [-0.1, -0.05) is 25.8 Å². The van der Waals surface area contributed by atoms with Crippen molar-refractivity contribution in [1.29, 1.82) is 0 Å². The number of nitrogens with two attached hydrogens (primary N) is 1. The SMILES string of the molecule is CCCC[C@H](N)C(=O)Nc1ccc(C)cc1F. The molecule has 0 bridgehead atoms. The standard InChI is InChI=1S/C13H19FN2O/c1-3-4-5-11(15)13(17)16-12-7-6-9(2)8-10(12)14/h6-8,11H,3-5,15H2,1-2H3,(H,16,17)/t11-/m0/s1. The molecular weight excluding hydrogens is 219 g/mol. The molecule has 17 heavy (non-hydrogen) atoms. The lowest BCUT2D eigenvalue weighted by Gasteiger charge is -2.12. The molecule has 0 unspecified atom stereocenters. The summed E-state index contributed by atoms with van der Waals surface area (Å²) in [5, 5.41) is 2.51. The van der Waals surface area contributed by atoms with Gasteiger partial charge in [0.1, 0.15) is 5.82 Å². The first-order valence-electron chi connectivity index (χ1n) is 5.87. The van der Waals surface area contributed by atoms with E-state index < -0.39 is 11.9 Å². The number of hydrogen-bond donors (Lipinski definition) is 2. The first-order chi connectivity index (χ1) is 8.04. The molecule has 0 fully saturated rings. The number of unbranched alkanes of at least 4 members (excludes halogenated alkanes) is 1. The molecule has 0 saturated carbocycles. The first kappa shape index (κ1) is 13.6. The van der Waals surface area contributed by atoms with E-state index >= 15 is 0 Å². The van der Waals surface area contributed by atoms with Crippen molar-refractivity contribution < 1.29 is 9.18 Å². The summed E-state index contributed by atoms with van der Waals surface area (Å²) >= 11 is 0. The van der Waals surface area contributed by atoms with E-state index in [1.165, 1.54) is 6.07 Å². The van der Waals surface area contributed by atoms with Crippen LogP contribution >= 0.6 is 0 Å². The molecule has 0 heterocycles. The number of amides is 1. The highest BCUT2D eigenvalue weighted by Crippen LogP contribution is 2.15. The minimum Gasteiger partial charge on any atom is -0.322 e. The maximum atomic E-state index is 13.5. The van der Waals surface area contributed by atoms with Crippen LogP contribution in [0.3, 0.4) is 0 Å². The highest BCUT2D eigenvalue weighted by Gasteiger charge is 2.14. The van der Waals surface area contributed by atoms with Gasteiger partial charge < -0.3 is 11.1 Å². The third-order valence-corrected chi connectivity index (χ3v) is 2.59. The lowest BCUT2D eigenvalue weighted by molar-refractivity contribution is -0.117. The molecule has 3 nitrogen and oxygen atoms in total. The molecule has 94 valence electrons. The van der Waals surface area contributed by atoms with Crippen molar-refractivity contribution in [3.63, 3.8) is 0 Å². The van der Waals surface area contributed by atoms with Gasteiger partial charge in [-0.25, -0.2) is 4.39 Å². The summed E-state index contributed by atoms with van der Waals surface area (Å²) in [5.74, 6) is -0.762. The lowest BCUT2D eigenvalue weighted by Crippen LogP contribution is -2.35. The predicted octanol–water partition coefficient (Wildman–Crippen LogP) is 2.59. The van der Waals surface area contributed by atoms with Gasteiger partial charge in [0.05, 0.1) is 11.7 Å². The molecule has 3 N–H and O–H groups in total. The number of carbonyl (C=O) groups is 1. The Morgan fingerprint density at radius 3 is 2.82 bits per heavy atom. The second-order valence-corrected chi connectivity index (χ2v) is 4.22. The average Bonchev–Trinajstić information content (AvgIpc) is 2.29. The van der Waals surface area contributed by atoms with E-state index in [0.29, 0.717) is 6.42 Å². The highest BCUT2D eigenvalue weighted by atomic mass is 19.1. The minimum atomic E-state index is -0.573. The lowest BCUT2D eigenvalue weighted by atomic mass is 10.1. The molecule has 0 aliphatic heterocycles. The average molecular weight is 238 g/mol. The molecular formula is C13H19FN2O. The number of benzene rings is 1. The molecule has 0 radical (unpaired) electrons. The van der Waals surface area contributed by atoms with Gasteiger partial charge in [-0.3, -0.25) is 4.79 Å². The van der Waals surface area contributed by atoms with E-state index in [9.17, 15) is 9.18 Å². The van der Waals surface area contributed by atoms with Crippen LogP contribution < -0.4 is 11.1 Å². The third kappa shape index (κ3) is 4.15. The van der Waals surface area contributed by atoms with Gasteiger partial charge in [-0.2, -0.15) is 0 Å². The van der Waals surface area contributed by atoms with Crippen molar-refractivity contribution in [2.24, 2.45) is 5.73 Å². The van der Waals surface area contributed by atoms with Gasteiger partial charge in [-0.15, -0.1) is 0 Å². The molecule has 0 spiro atoms. The van der Waals surface area contributed by atoms with E-state index in [2.05, 4.69) is 5.32 Å². The number of carbonyl (C=O) groups excluding carboxylic acids is 1. The Labute approximate surface area is 101 Å². The van der Waals surface area contributed by atoms with Crippen molar-refractivity contribution in [2.45, 2.75) is 39.2 Å². The Bertz CT molecular complexity index is 393. The van der Waals surface area contributed by atoms with Crippen molar-refractivity contribution in [2.75, 3.05) is 5.32 Å². The summed E-state index contributed by atoms with van der Waals surface area (Å²) in [5.41, 5.74) is 6.70. The Hall–Kier alpha value is -1.42. The molecule has 0 aromatic heterocycles. The number of rotatable bonds is 5. The quantitative estimate of drug-likeness (QED) is 0.828. The van der Waals surface area contributed by atoms with Crippen LogP contribution in [0.2, 0.25) is 0 Å². The minimum absolute atomic E-state index is 0.188. The van der Waals surface area contributed by atoms with Crippen molar-refractivity contribution >= 4 is 11.6 Å². The number of halogens is 1. The summed E-state index contributed by atoms with van der Waals surface area (Å²) in [6.07, 6.45) is 2.50. The second kappa shape index (κ2) is 6.35. The fourth-order valence-corrected chi connectivity index (χ4v) is 1.50. The van der Waals surface area contributed by atoms with Crippen molar-refractivity contribution in [3.8, 4) is 0 Å². The van der Waals surface area contributed by atoms with Crippen LogP contribution in [0.15, 0.2) is 18.2 Å². The van der Waals surface area contributed by atoms with Crippen LogP contribution in [0.25, 0.3) is 0 Å². The molecule has 0 aliphatic carbocycles. The Balaban J connectivity index is 2.61. The van der Waals surface area contributed by atoms with Gasteiger partial charge in [0.15, 0.2) is 0 Å². The first-order valence-corrected chi connectivity index (χ1v) is 5.87. The molecule has 1 aromatic rings. The van der Waals surface area contributed by atoms with Crippen LogP contribution in [-0.2, 0) is 4.79 Å². The zero-order chi connectivity index (χ0) is 12.8. The number of anilines is 1. The van der Waals surface area contributed by atoms with Gasteiger partial charge >= 0.3 is 0 Å². The Morgan fingerprint density at radius 1 is 1.53 bits per heavy atom. The second-order valence-electron chi connectivity index (χ2n) is 4.22. The van der Waals surface area contributed by atoms with Crippen LogP contribution in [-0.4, -0.2) is 11.9 Å². The zero-order valence-corrected chi connectivity index (χ0v) is 10.3. The fourth-order valence-electron chi connectivity index (χ4n) is 1.50. The van der Waals surface area contributed by atoms with Gasteiger partial charge in [-0.05, 0) is 31.0 Å². The smallest absolute Gasteiger partial charge is 0.241 e. The molecule has 1 aromatic carbocycles. The van der Waals surface area contributed by atoms with Gasteiger partial charge in [0.2, 0.25) is 5.91 Å². The zero-order valence-electron chi connectivity index (χ0n) is 10.3.